The topological polar surface area (TPSA) is 49.4 Å². The molecule has 0 heterocycles. The van der Waals surface area contributed by atoms with Crippen LogP contribution < -0.4 is 5.32 Å². The summed E-state index contributed by atoms with van der Waals surface area (Å²) in [7, 11) is 3.42. The van der Waals surface area contributed by atoms with Crippen LogP contribution in [0.15, 0.2) is 89.8 Å². The Morgan fingerprint density at radius 1 is 0.821 bits per heavy atom. The van der Waals surface area contributed by atoms with Gasteiger partial charge in [0.15, 0.2) is 0 Å². The van der Waals surface area contributed by atoms with Gasteiger partial charge in [-0.25, -0.2) is 0 Å². The summed E-state index contributed by atoms with van der Waals surface area (Å²) in [4.78, 5) is 27.6. The number of nitrogens with zero attached hydrogens (tertiary/aromatic N) is 1. The van der Waals surface area contributed by atoms with Crippen molar-refractivity contribution >= 4 is 29.3 Å². The first-order valence-corrected chi connectivity index (χ1v) is 9.82. The van der Waals surface area contributed by atoms with E-state index in [0.29, 0.717) is 11.3 Å². The molecule has 0 aliphatic rings. The van der Waals surface area contributed by atoms with Gasteiger partial charge in [0.1, 0.15) is 5.25 Å². The zero-order valence-electron chi connectivity index (χ0n) is 15.8. The molecule has 0 spiro atoms. The molecule has 0 aliphatic heterocycles. The van der Waals surface area contributed by atoms with Gasteiger partial charge in [0.2, 0.25) is 5.91 Å². The second-order valence-corrected chi connectivity index (χ2v) is 7.67. The van der Waals surface area contributed by atoms with Gasteiger partial charge >= 0.3 is 0 Å². The lowest BCUT2D eigenvalue weighted by molar-refractivity contribution is -0.115. The van der Waals surface area contributed by atoms with Crippen LogP contribution in [0.4, 0.5) is 5.69 Å². The summed E-state index contributed by atoms with van der Waals surface area (Å²) in [6.07, 6.45) is 0. The highest BCUT2D eigenvalue weighted by Crippen LogP contribution is 2.36. The van der Waals surface area contributed by atoms with Crippen LogP contribution in [0.1, 0.15) is 21.2 Å². The maximum absolute atomic E-state index is 13.0. The summed E-state index contributed by atoms with van der Waals surface area (Å²) in [5.41, 5.74) is 2.18. The van der Waals surface area contributed by atoms with Gasteiger partial charge < -0.3 is 10.2 Å². The van der Waals surface area contributed by atoms with Crippen molar-refractivity contribution in [3.63, 3.8) is 0 Å². The molecule has 28 heavy (non-hydrogen) atoms. The highest BCUT2D eigenvalue weighted by Gasteiger charge is 2.22. The van der Waals surface area contributed by atoms with E-state index in [1.165, 1.54) is 16.7 Å². The predicted octanol–water partition coefficient (Wildman–Crippen LogP) is 4.86. The first-order valence-electron chi connectivity index (χ1n) is 8.94. The molecule has 0 unspecified atom stereocenters. The van der Waals surface area contributed by atoms with Gasteiger partial charge in [-0.15, -0.1) is 11.8 Å². The third-order valence-electron chi connectivity index (χ3n) is 4.14. The maximum Gasteiger partial charge on any atom is 0.253 e. The van der Waals surface area contributed by atoms with Gasteiger partial charge in [0.25, 0.3) is 5.91 Å². The minimum atomic E-state index is -0.383. The first kappa shape index (κ1) is 19.7. The van der Waals surface area contributed by atoms with Crippen molar-refractivity contribution in [2.75, 3.05) is 19.4 Å². The van der Waals surface area contributed by atoms with Crippen LogP contribution in [0.3, 0.4) is 0 Å². The second-order valence-electron chi connectivity index (χ2n) is 6.49. The summed E-state index contributed by atoms with van der Waals surface area (Å²) in [6.45, 7) is 0. The highest BCUT2D eigenvalue weighted by molar-refractivity contribution is 8.00. The molecule has 142 valence electrons. The maximum atomic E-state index is 13.0. The van der Waals surface area contributed by atoms with Crippen LogP contribution in [-0.2, 0) is 4.79 Å². The highest BCUT2D eigenvalue weighted by atomic mass is 32.2. The summed E-state index contributed by atoms with van der Waals surface area (Å²) < 4.78 is 0. The number of hydrogen-bond donors (Lipinski definition) is 1. The van der Waals surface area contributed by atoms with E-state index in [2.05, 4.69) is 5.32 Å². The van der Waals surface area contributed by atoms with E-state index in [4.69, 9.17) is 0 Å². The third kappa shape index (κ3) is 5.02. The molecule has 1 atom stereocenters. The molecular formula is C23H22N2O2S. The fourth-order valence-corrected chi connectivity index (χ4v) is 3.74. The minimum Gasteiger partial charge on any atom is -0.345 e. The molecule has 0 aliphatic carbocycles. The van der Waals surface area contributed by atoms with Crippen molar-refractivity contribution in [2.45, 2.75) is 10.1 Å². The quantitative estimate of drug-likeness (QED) is 0.612. The minimum absolute atomic E-state index is 0.0697. The van der Waals surface area contributed by atoms with Crippen molar-refractivity contribution < 1.29 is 9.59 Å². The van der Waals surface area contributed by atoms with E-state index >= 15 is 0 Å². The lowest BCUT2D eigenvalue weighted by Crippen LogP contribution is -2.22. The number of nitrogens with one attached hydrogen (secondary N) is 1. The van der Waals surface area contributed by atoms with E-state index in [9.17, 15) is 9.59 Å². The molecule has 2 amide bonds. The Labute approximate surface area is 169 Å². The number of hydrogen-bond acceptors (Lipinski definition) is 3. The van der Waals surface area contributed by atoms with Crippen LogP contribution >= 0.6 is 11.8 Å². The van der Waals surface area contributed by atoms with Crippen molar-refractivity contribution in [2.24, 2.45) is 0 Å². The zero-order chi connectivity index (χ0) is 19.9. The number of benzene rings is 3. The second kappa shape index (κ2) is 9.24. The Morgan fingerprint density at radius 2 is 1.39 bits per heavy atom. The molecule has 0 bridgehead atoms. The Bertz CT molecular complexity index is 926. The van der Waals surface area contributed by atoms with E-state index in [1.807, 2.05) is 60.7 Å². The number of rotatable bonds is 6. The molecule has 0 aromatic heterocycles. The van der Waals surface area contributed by atoms with Gasteiger partial charge in [-0.05, 0) is 42.0 Å². The number of carbonyl (C=O) groups is 2. The van der Waals surface area contributed by atoms with Gasteiger partial charge in [-0.1, -0.05) is 48.5 Å². The molecule has 0 radical (unpaired) electrons. The number of thioether (sulfide) groups is 1. The van der Waals surface area contributed by atoms with Gasteiger partial charge in [0.05, 0.1) is 0 Å². The van der Waals surface area contributed by atoms with Crippen LogP contribution in [0, 0.1) is 0 Å². The Hall–Kier alpha value is -3.05. The Morgan fingerprint density at radius 3 is 1.96 bits per heavy atom. The van der Waals surface area contributed by atoms with Crippen molar-refractivity contribution in [1.29, 1.82) is 0 Å². The molecule has 3 aromatic rings. The summed E-state index contributed by atoms with van der Waals surface area (Å²) in [5.74, 6) is -0.175. The summed E-state index contributed by atoms with van der Waals surface area (Å²) >= 11 is 1.51. The molecular weight excluding hydrogens is 368 g/mol. The Kier molecular flexibility index (Phi) is 6.50. The van der Waals surface area contributed by atoms with Crippen LogP contribution in [0.2, 0.25) is 0 Å². The largest absolute Gasteiger partial charge is 0.345 e. The van der Waals surface area contributed by atoms with E-state index in [1.54, 1.807) is 38.4 Å². The van der Waals surface area contributed by atoms with E-state index < -0.39 is 0 Å². The summed E-state index contributed by atoms with van der Waals surface area (Å²) in [5, 5.41) is 2.59. The molecule has 0 saturated heterocycles. The molecule has 3 aromatic carbocycles. The number of anilines is 1. The van der Waals surface area contributed by atoms with Gasteiger partial charge in [-0.2, -0.15) is 0 Å². The monoisotopic (exact) mass is 390 g/mol. The average molecular weight is 391 g/mol. The molecule has 1 N–H and O–H groups in total. The fourth-order valence-electron chi connectivity index (χ4n) is 2.70. The predicted molar refractivity (Wildman–Crippen MR) is 115 cm³/mol. The molecule has 0 fully saturated rings. The van der Waals surface area contributed by atoms with E-state index in [0.717, 1.165) is 10.5 Å². The zero-order valence-corrected chi connectivity index (χ0v) is 16.6. The lowest BCUT2D eigenvalue weighted by atomic mass is 10.1. The van der Waals surface area contributed by atoms with Gasteiger partial charge in [0, 0.05) is 30.2 Å². The normalized spacial score (nSPS) is 11.5. The van der Waals surface area contributed by atoms with Crippen molar-refractivity contribution in [3.05, 3.63) is 96.1 Å². The third-order valence-corrected chi connectivity index (χ3v) is 5.41. The number of amides is 2. The standard InChI is InChI=1S/C23H22N2O2S/c1-25(2)23(27)18-13-15-19(16-14-18)24-22(26)21(17-9-5-3-6-10-17)28-20-11-7-4-8-12-20/h3-16,21H,1-2H3,(H,24,26)/t21-/m0/s1. The molecule has 3 rings (SSSR count). The lowest BCUT2D eigenvalue weighted by Gasteiger charge is -2.17. The van der Waals surface area contributed by atoms with Crippen LogP contribution in [-0.4, -0.2) is 30.8 Å². The number of carbonyl (C=O) groups excluding carboxylic acids is 2. The SMILES string of the molecule is CN(C)C(=O)c1ccc(NC(=O)[C@@H](Sc2ccccc2)c2ccccc2)cc1. The molecule has 5 heteroatoms. The molecule has 4 nitrogen and oxygen atoms in total. The van der Waals surface area contributed by atoms with Crippen LogP contribution in [0.5, 0.6) is 0 Å². The van der Waals surface area contributed by atoms with Gasteiger partial charge in [-0.3, -0.25) is 9.59 Å². The summed E-state index contributed by atoms with van der Waals surface area (Å²) in [6, 6.07) is 26.5. The fraction of sp³-hybridized carbons (Fsp3) is 0.130. The molecule has 0 saturated carbocycles. The van der Waals surface area contributed by atoms with Crippen molar-refractivity contribution in [1.82, 2.24) is 4.90 Å². The first-order chi connectivity index (χ1) is 13.5. The Balaban J connectivity index is 1.78. The van der Waals surface area contributed by atoms with E-state index in [-0.39, 0.29) is 17.1 Å². The van der Waals surface area contributed by atoms with Crippen molar-refractivity contribution in [3.8, 4) is 0 Å². The van der Waals surface area contributed by atoms with Crippen LogP contribution in [0.25, 0.3) is 0 Å². The smallest absolute Gasteiger partial charge is 0.253 e. The average Bonchev–Trinajstić information content (AvgIpc) is 2.73.